The van der Waals surface area contributed by atoms with Gasteiger partial charge in [0.1, 0.15) is 10.6 Å². The average Bonchev–Trinajstić information content (AvgIpc) is 3.01. The first-order chi connectivity index (χ1) is 11.8. The summed E-state index contributed by atoms with van der Waals surface area (Å²) in [4.78, 5) is 22.8. The second kappa shape index (κ2) is 7.07. The largest absolute Gasteiger partial charge is 0.444 e. The Balaban J connectivity index is 1.71. The van der Waals surface area contributed by atoms with Crippen LogP contribution in [0.5, 0.6) is 0 Å². The Labute approximate surface area is 150 Å². The molecule has 1 aromatic heterocycles. The Hall–Kier alpha value is -2.02. The van der Waals surface area contributed by atoms with Gasteiger partial charge in [-0.05, 0) is 45.7 Å². The van der Waals surface area contributed by atoms with Crippen molar-refractivity contribution >= 4 is 27.9 Å². The van der Waals surface area contributed by atoms with Crippen molar-refractivity contribution in [2.75, 3.05) is 12.3 Å². The van der Waals surface area contributed by atoms with Crippen molar-refractivity contribution in [1.82, 2.24) is 14.9 Å². The number of amides is 1. The fourth-order valence-corrected chi connectivity index (χ4v) is 4.12. The molecule has 2 atom stereocenters. The van der Waals surface area contributed by atoms with E-state index in [1.807, 2.05) is 45.0 Å². The van der Waals surface area contributed by atoms with Gasteiger partial charge in [-0.2, -0.15) is 0 Å². The van der Waals surface area contributed by atoms with Crippen LogP contribution in [0.25, 0.3) is 11.0 Å². The van der Waals surface area contributed by atoms with Gasteiger partial charge in [0.2, 0.25) is 0 Å². The van der Waals surface area contributed by atoms with Crippen LogP contribution < -0.4 is 0 Å². The molecule has 25 heavy (non-hydrogen) atoms. The van der Waals surface area contributed by atoms with Crippen molar-refractivity contribution in [1.29, 1.82) is 0 Å². The summed E-state index contributed by atoms with van der Waals surface area (Å²) in [5.74, 6) is 0.353. The third-order valence-electron chi connectivity index (χ3n) is 4.01. The van der Waals surface area contributed by atoms with Crippen LogP contribution in [0.4, 0.5) is 4.79 Å². The maximum absolute atomic E-state index is 12.7. The monoisotopic (exact) mass is 361 g/mol. The molecule has 3 rings (SSSR count). The quantitative estimate of drug-likeness (QED) is 0.840. The Kier molecular flexibility index (Phi) is 5.03. The van der Waals surface area contributed by atoms with Crippen LogP contribution in [0.3, 0.4) is 0 Å². The smallest absolute Gasteiger partial charge is 0.410 e. The normalized spacial score (nSPS) is 19.2. The van der Waals surface area contributed by atoms with Gasteiger partial charge in [-0.25, -0.2) is 9.78 Å². The van der Waals surface area contributed by atoms with Gasteiger partial charge in [-0.15, -0.1) is 0 Å². The molecule has 0 aliphatic carbocycles. The maximum Gasteiger partial charge on any atom is 0.410 e. The zero-order chi connectivity index (χ0) is 18.0. The minimum absolute atomic E-state index is 0.0936. The van der Waals surface area contributed by atoms with Gasteiger partial charge in [0.05, 0.1) is 33.8 Å². The van der Waals surface area contributed by atoms with Gasteiger partial charge in [0.15, 0.2) is 0 Å². The highest BCUT2D eigenvalue weighted by Gasteiger charge is 2.33. The molecule has 0 spiro atoms. The number of benzene rings is 1. The van der Waals surface area contributed by atoms with Gasteiger partial charge in [-0.3, -0.25) is 9.19 Å². The molecular weight excluding hydrogens is 338 g/mol. The first-order valence-corrected chi connectivity index (χ1v) is 9.75. The van der Waals surface area contributed by atoms with Crippen molar-refractivity contribution in [3.8, 4) is 0 Å². The zero-order valence-electron chi connectivity index (χ0n) is 14.8. The first kappa shape index (κ1) is 17.8. The SMILES string of the molecule is CC(C)(C)OC(=O)N1CCCC1CS(=O)c1cnc2ccccc2n1. The predicted octanol–water partition coefficient (Wildman–Crippen LogP) is 3.14. The Morgan fingerprint density at radius 2 is 2.04 bits per heavy atom. The number of hydrogen-bond acceptors (Lipinski definition) is 5. The first-order valence-electron chi connectivity index (χ1n) is 8.43. The molecule has 2 aromatic rings. The molecule has 0 saturated carbocycles. The Morgan fingerprint density at radius 1 is 1.32 bits per heavy atom. The van der Waals surface area contributed by atoms with Crippen molar-refractivity contribution in [3.63, 3.8) is 0 Å². The molecule has 1 fully saturated rings. The number of carbonyl (C=O) groups is 1. The van der Waals surface area contributed by atoms with Crippen LogP contribution in [-0.4, -0.2) is 49.1 Å². The van der Waals surface area contributed by atoms with E-state index in [9.17, 15) is 9.00 Å². The molecular formula is C18H23N3O3S. The number of rotatable bonds is 3. The number of aromatic nitrogens is 2. The van der Waals surface area contributed by atoms with Crippen LogP contribution in [0.2, 0.25) is 0 Å². The maximum atomic E-state index is 12.7. The summed E-state index contributed by atoms with van der Waals surface area (Å²) in [6.45, 7) is 6.18. The van der Waals surface area contributed by atoms with Gasteiger partial charge in [0, 0.05) is 12.6 Å². The van der Waals surface area contributed by atoms with E-state index >= 15 is 0 Å². The second-order valence-electron chi connectivity index (χ2n) is 7.18. The van der Waals surface area contributed by atoms with E-state index in [0.29, 0.717) is 17.3 Å². The van der Waals surface area contributed by atoms with Gasteiger partial charge >= 0.3 is 6.09 Å². The molecule has 7 heteroatoms. The second-order valence-corrected chi connectivity index (χ2v) is 8.62. The molecule has 0 radical (unpaired) electrons. The number of para-hydroxylation sites is 2. The molecule has 134 valence electrons. The summed E-state index contributed by atoms with van der Waals surface area (Å²) in [5, 5.41) is 0.453. The van der Waals surface area contributed by atoms with Crippen LogP contribution in [0.15, 0.2) is 35.5 Å². The van der Waals surface area contributed by atoms with E-state index in [4.69, 9.17) is 4.74 Å². The van der Waals surface area contributed by atoms with Crippen molar-refractivity contribution in [2.24, 2.45) is 0 Å². The average molecular weight is 361 g/mol. The third-order valence-corrected chi connectivity index (χ3v) is 5.36. The summed E-state index contributed by atoms with van der Waals surface area (Å²) in [7, 11) is -1.31. The summed E-state index contributed by atoms with van der Waals surface area (Å²) < 4.78 is 18.2. The van der Waals surface area contributed by atoms with Crippen LogP contribution in [-0.2, 0) is 15.5 Å². The van der Waals surface area contributed by atoms with E-state index in [1.165, 1.54) is 0 Å². The lowest BCUT2D eigenvalue weighted by Gasteiger charge is -2.28. The molecule has 2 heterocycles. The number of nitrogens with zero attached hydrogens (tertiary/aromatic N) is 3. The van der Waals surface area contributed by atoms with E-state index in [1.54, 1.807) is 11.1 Å². The van der Waals surface area contributed by atoms with E-state index in [2.05, 4.69) is 9.97 Å². The van der Waals surface area contributed by atoms with Crippen molar-refractivity contribution in [2.45, 2.75) is 50.3 Å². The van der Waals surface area contributed by atoms with Crippen molar-refractivity contribution in [3.05, 3.63) is 30.5 Å². The molecule has 1 aliphatic rings. The number of ether oxygens (including phenoxy) is 1. The van der Waals surface area contributed by atoms with E-state index < -0.39 is 16.4 Å². The number of fused-ring (bicyclic) bond motifs is 1. The predicted molar refractivity (Wildman–Crippen MR) is 96.8 cm³/mol. The van der Waals surface area contributed by atoms with Crippen LogP contribution in [0, 0.1) is 0 Å². The molecule has 1 saturated heterocycles. The fourth-order valence-electron chi connectivity index (χ4n) is 2.88. The summed E-state index contributed by atoms with van der Waals surface area (Å²) in [6.07, 6.45) is 2.94. The highest BCUT2D eigenvalue weighted by molar-refractivity contribution is 7.85. The van der Waals surface area contributed by atoms with Crippen LogP contribution in [0.1, 0.15) is 33.6 Å². The lowest BCUT2D eigenvalue weighted by Crippen LogP contribution is -2.42. The topological polar surface area (TPSA) is 72.4 Å². The summed E-state index contributed by atoms with van der Waals surface area (Å²) >= 11 is 0. The van der Waals surface area contributed by atoms with Gasteiger partial charge in [0.25, 0.3) is 0 Å². The molecule has 1 amide bonds. The number of carbonyl (C=O) groups excluding carboxylic acids is 1. The third kappa shape index (κ3) is 4.34. The minimum Gasteiger partial charge on any atom is -0.444 e. The Bertz CT molecular complexity index is 803. The standard InChI is InChI=1S/C18H23N3O3S/c1-18(2,3)24-17(22)21-10-6-7-13(21)12-25(23)16-11-19-14-8-4-5-9-15(14)20-16/h4-5,8-9,11,13H,6-7,10,12H2,1-3H3. The molecule has 1 aliphatic heterocycles. The van der Waals surface area contributed by atoms with E-state index in [0.717, 1.165) is 23.9 Å². The minimum atomic E-state index is -1.31. The zero-order valence-corrected chi connectivity index (χ0v) is 15.6. The molecule has 6 nitrogen and oxygen atoms in total. The number of hydrogen-bond donors (Lipinski definition) is 0. The lowest BCUT2D eigenvalue weighted by atomic mass is 10.2. The summed E-state index contributed by atoms with van der Waals surface area (Å²) in [6, 6.07) is 7.40. The molecule has 0 bridgehead atoms. The molecule has 1 aromatic carbocycles. The summed E-state index contributed by atoms with van der Waals surface area (Å²) in [5.41, 5.74) is 0.968. The highest BCUT2D eigenvalue weighted by Crippen LogP contribution is 2.23. The lowest BCUT2D eigenvalue weighted by molar-refractivity contribution is 0.0241. The van der Waals surface area contributed by atoms with Gasteiger partial charge in [-0.1, -0.05) is 12.1 Å². The number of likely N-dealkylation sites (tertiary alicyclic amines) is 1. The fraction of sp³-hybridized carbons (Fsp3) is 0.500. The van der Waals surface area contributed by atoms with Gasteiger partial charge < -0.3 is 9.64 Å². The Morgan fingerprint density at radius 3 is 2.76 bits per heavy atom. The van der Waals surface area contributed by atoms with E-state index in [-0.39, 0.29) is 12.1 Å². The van der Waals surface area contributed by atoms with Crippen molar-refractivity contribution < 1.29 is 13.7 Å². The molecule has 2 unspecified atom stereocenters. The highest BCUT2D eigenvalue weighted by atomic mass is 32.2. The molecule has 0 N–H and O–H groups in total. The van der Waals surface area contributed by atoms with Crippen LogP contribution >= 0.6 is 0 Å².